The molecule has 39 heavy (non-hydrogen) atoms. The lowest BCUT2D eigenvalue weighted by atomic mass is 10.0. The average molecular weight is 565 g/mol. The summed E-state index contributed by atoms with van der Waals surface area (Å²) in [7, 11) is -3.87. The van der Waals surface area contributed by atoms with Crippen molar-refractivity contribution in [2.75, 3.05) is 25.9 Å². The minimum Gasteiger partial charge on any atom is -0.387 e. The molecule has 10 nitrogen and oxygen atoms in total. The first-order chi connectivity index (χ1) is 18.2. The molecule has 0 spiro atoms. The molecule has 0 saturated carbocycles. The Bertz CT molecular complexity index is 1430. The van der Waals surface area contributed by atoms with Gasteiger partial charge < -0.3 is 10.0 Å². The number of alkyl halides is 2. The first-order valence-corrected chi connectivity index (χ1v) is 14.2. The van der Waals surface area contributed by atoms with Crippen LogP contribution in [0.5, 0.6) is 0 Å². The standard InChI is InChI=1S/C26H30F2N4O6S/c1-25(23(34)29-36,39(2,37)38)10-12-31-16-21-13-20(15-32(21)24(31)35)8-5-18-3-6-19(7-4-18)14-30-11-9-22(33)26(27,28)17-30/h3-4,6-7,13,15,22,33,36H,9-12,14,16-17H2,1-2H3,(H,29,34)/t22-,25?/m0/s1. The number of sulfone groups is 1. The number of benzene rings is 1. The normalized spacial score (nSPS) is 20.6. The van der Waals surface area contributed by atoms with Crippen LogP contribution in [0.1, 0.15) is 42.1 Å². The first kappa shape index (κ1) is 28.7. The Kier molecular flexibility index (Phi) is 7.86. The van der Waals surface area contributed by atoms with Crippen LogP contribution in [0.2, 0.25) is 0 Å². The topological polar surface area (TPSA) is 132 Å². The van der Waals surface area contributed by atoms with Crippen LogP contribution < -0.4 is 5.48 Å². The molecule has 2 amide bonds. The van der Waals surface area contributed by atoms with Crippen molar-refractivity contribution in [2.45, 2.75) is 49.6 Å². The summed E-state index contributed by atoms with van der Waals surface area (Å²) in [5, 5.41) is 18.4. The van der Waals surface area contributed by atoms with Crippen LogP contribution in [0.3, 0.4) is 0 Å². The number of nitrogens with one attached hydrogen (secondary N) is 1. The molecule has 0 bridgehead atoms. The van der Waals surface area contributed by atoms with Gasteiger partial charge in [0.15, 0.2) is 14.6 Å². The number of aliphatic hydroxyl groups is 1. The van der Waals surface area contributed by atoms with Gasteiger partial charge in [0.25, 0.3) is 11.8 Å². The predicted octanol–water partition coefficient (Wildman–Crippen LogP) is 1.57. The van der Waals surface area contributed by atoms with Crippen molar-refractivity contribution in [2.24, 2.45) is 0 Å². The number of aromatic nitrogens is 1. The molecule has 1 aromatic heterocycles. The maximum Gasteiger partial charge on any atom is 0.328 e. The van der Waals surface area contributed by atoms with Crippen molar-refractivity contribution in [3.63, 3.8) is 0 Å². The van der Waals surface area contributed by atoms with E-state index in [0.29, 0.717) is 29.9 Å². The quantitative estimate of drug-likeness (QED) is 0.264. The van der Waals surface area contributed by atoms with Gasteiger partial charge in [0.2, 0.25) is 0 Å². The number of aliphatic hydroxyl groups excluding tert-OH is 1. The second kappa shape index (κ2) is 10.7. The Balaban J connectivity index is 1.36. The largest absolute Gasteiger partial charge is 0.387 e. The molecule has 2 aromatic rings. The van der Waals surface area contributed by atoms with Gasteiger partial charge in [-0.2, -0.15) is 0 Å². The van der Waals surface area contributed by atoms with Crippen LogP contribution >= 0.6 is 0 Å². The van der Waals surface area contributed by atoms with E-state index in [4.69, 9.17) is 5.21 Å². The van der Waals surface area contributed by atoms with Gasteiger partial charge in [0.1, 0.15) is 6.10 Å². The minimum absolute atomic E-state index is 0.0134. The van der Waals surface area contributed by atoms with E-state index < -0.39 is 39.1 Å². The zero-order chi connectivity index (χ0) is 28.6. The van der Waals surface area contributed by atoms with Crippen LogP contribution in [-0.2, 0) is 27.7 Å². The highest BCUT2D eigenvalue weighted by Gasteiger charge is 2.45. The monoisotopic (exact) mass is 564 g/mol. The molecule has 210 valence electrons. The van der Waals surface area contributed by atoms with Crippen LogP contribution in [-0.4, -0.2) is 87.7 Å². The molecule has 0 aliphatic carbocycles. The molecule has 1 saturated heterocycles. The van der Waals surface area contributed by atoms with Crippen LogP contribution in [0.25, 0.3) is 0 Å². The molecule has 1 fully saturated rings. The average Bonchev–Trinajstić information content (AvgIpc) is 3.41. The molecule has 2 atom stereocenters. The smallest absolute Gasteiger partial charge is 0.328 e. The fourth-order valence-electron chi connectivity index (χ4n) is 4.63. The number of halogens is 2. The van der Waals surface area contributed by atoms with Gasteiger partial charge in [0, 0.05) is 48.9 Å². The van der Waals surface area contributed by atoms with E-state index in [9.17, 15) is 31.9 Å². The van der Waals surface area contributed by atoms with E-state index >= 15 is 0 Å². The Morgan fingerprint density at radius 3 is 2.49 bits per heavy atom. The number of hydroxylamine groups is 1. The number of rotatable bonds is 7. The van der Waals surface area contributed by atoms with Gasteiger partial charge in [-0.15, -0.1) is 0 Å². The number of likely N-dealkylation sites (tertiary alicyclic amines) is 1. The van der Waals surface area contributed by atoms with E-state index in [1.807, 2.05) is 12.1 Å². The summed E-state index contributed by atoms with van der Waals surface area (Å²) >= 11 is 0. The molecule has 4 rings (SSSR count). The number of carbonyl (C=O) groups is 2. The van der Waals surface area contributed by atoms with Gasteiger partial charge >= 0.3 is 6.03 Å². The van der Waals surface area contributed by atoms with E-state index in [-0.39, 0.29) is 32.0 Å². The molecule has 3 N–H and O–H groups in total. The number of fused-ring (bicyclic) bond motifs is 1. The van der Waals surface area contributed by atoms with Crippen molar-refractivity contribution in [1.82, 2.24) is 19.8 Å². The van der Waals surface area contributed by atoms with E-state index in [0.717, 1.165) is 11.8 Å². The SMILES string of the molecule is CC(CCN1Cc2cc(C#Cc3ccc(CN4CC[C@H](O)C(F)(F)C4)cc3)cn2C1=O)(C(=O)NO)S(C)(=O)=O. The number of hydrogen-bond acceptors (Lipinski definition) is 7. The maximum absolute atomic E-state index is 13.8. The summed E-state index contributed by atoms with van der Waals surface area (Å²) in [5.74, 6) is 1.84. The lowest BCUT2D eigenvalue weighted by Crippen LogP contribution is -2.51. The van der Waals surface area contributed by atoms with E-state index in [1.165, 1.54) is 21.9 Å². The maximum atomic E-state index is 13.8. The molecule has 1 aromatic carbocycles. The second-order valence-corrected chi connectivity index (χ2v) is 12.7. The van der Waals surface area contributed by atoms with Gasteiger partial charge in [-0.1, -0.05) is 24.0 Å². The third-order valence-corrected chi connectivity index (χ3v) is 9.37. The molecule has 0 radical (unpaired) electrons. The molecule has 13 heteroatoms. The van der Waals surface area contributed by atoms with Crippen LogP contribution in [0, 0.1) is 11.8 Å². The lowest BCUT2D eigenvalue weighted by molar-refractivity contribution is -0.151. The number of amides is 2. The zero-order valence-corrected chi connectivity index (χ0v) is 22.3. The third-order valence-electron chi connectivity index (χ3n) is 7.34. The Morgan fingerprint density at radius 1 is 1.23 bits per heavy atom. The summed E-state index contributed by atoms with van der Waals surface area (Å²) in [5.41, 5.74) is 4.22. The minimum atomic E-state index is -3.87. The highest BCUT2D eigenvalue weighted by molar-refractivity contribution is 7.92. The van der Waals surface area contributed by atoms with Gasteiger partial charge in [0.05, 0.1) is 13.1 Å². The number of hydrogen-bond donors (Lipinski definition) is 3. The highest BCUT2D eigenvalue weighted by atomic mass is 32.2. The summed E-state index contributed by atoms with van der Waals surface area (Å²) < 4.78 is 51.4. The molecular formula is C26H30F2N4O6S. The summed E-state index contributed by atoms with van der Waals surface area (Å²) in [6.45, 7) is 1.65. The number of carbonyl (C=O) groups excluding carboxylic acids is 2. The van der Waals surface area contributed by atoms with Crippen molar-refractivity contribution in [1.29, 1.82) is 0 Å². The summed E-state index contributed by atoms with van der Waals surface area (Å²) in [4.78, 5) is 27.9. The van der Waals surface area contributed by atoms with Gasteiger partial charge in [-0.25, -0.2) is 27.5 Å². The molecule has 2 aliphatic rings. The fourth-order valence-corrected chi connectivity index (χ4v) is 5.47. The van der Waals surface area contributed by atoms with Crippen LogP contribution in [0.15, 0.2) is 36.5 Å². The number of nitrogens with zero attached hydrogens (tertiary/aromatic N) is 3. The summed E-state index contributed by atoms with van der Waals surface area (Å²) in [6.07, 6.45) is 0.716. The Labute approximate surface area is 225 Å². The van der Waals surface area contributed by atoms with Crippen LogP contribution in [0.4, 0.5) is 13.6 Å². The molecule has 3 heterocycles. The van der Waals surface area contributed by atoms with E-state index in [1.54, 1.807) is 29.3 Å². The van der Waals surface area contributed by atoms with Crippen molar-refractivity contribution in [3.05, 3.63) is 58.9 Å². The van der Waals surface area contributed by atoms with Crippen molar-refractivity contribution in [3.8, 4) is 11.8 Å². The first-order valence-electron chi connectivity index (χ1n) is 12.3. The third kappa shape index (κ3) is 5.99. The highest BCUT2D eigenvalue weighted by Crippen LogP contribution is 2.28. The molecule has 1 unspecified atom stereocenters. The predicted molar refractivity (Wildman–Crippen MR) is 137 cm³/mol. The van der Waals surface area contributed by atoms with Gasteiger partial charge in [-0.05, 0) is 43.5 Å². The van der Waals surface area contributed by atoms with E-state index in [2.05, 4.69) is 11.8 Å². The van der Waals surface area contributed by atoms with Crippen molar-refractivity contribution >= 4 is 21.8 Å². The summed E-state index contributed by atoms with van der Waals surface area (Å²) in [6, 6.07) is 8.58. The zero-order valence-electron chi connectivity index (χ0n) is 21.5. The van der Waals surface area contributed by atoms with Crippen molar-refractivity contribution < 1.29 is 37.1 Å². The Hall–Kier alpha value is -3.31. The van der Waals surface area contributed by atoms with Gasteiger partial charge in [-0.3, -0.25) is 19.5 Å². The number of piperidine rings is 1. The Morgan fingerprint density at radius 2 is 1.90 bits per heavy atom. The molecular weight excluding hydrogens is 534 g/mol. The fraction of sp³-hybridized carbons (Fsp3) is 0.462. The molecule has 2 aliphatic heterocycles. The lowest BCUT2D eigenvalue weighted by Gasteiger charge is -2.35. The second-order valence-electron chi connectivity index (χ2n) is 10.2.